The van der Waals surface area contributed by atoms with E-state index in [0.29, 0.717) is 31.6 Å². The fraction of sp³-hybridized carbons (Fsp3) is 0.593. The molecule has 2 aliphatic rings. The monoisotopic (exact) mass is 441 g/mol. The van der Waals surface area contributed by atoms with Crippen molar-refractivity contribution in [3.8, 4) is 0 Å². The van der Waals surface area contributed by atoms with Gasteiger partial charge in [0, 0.05) is 25.3 Å². The second-order valence-electron chi connectivity index (χ2n) is 9.43. The van der Waals surface area contributed by atoms with Crippen molar-refractivity contribution >= 4 is 5.91 Å². The number of amides is 1. The zero-order valence-electron chi connectivity index (χ0n) is 19.0. The van der Waals surface area contributed by atoms with E-state index in [1.807, 2.05) is 24.3 Å². The lowest BCUT2D eigenvalue weighted by atomic mass is 9.89. The molecule has 1 aromatic carbocycles. The Balaban J connectivity index is 1.37. The van der Waals surface area contributed by atoms with E-state index in [9.17, 15) is 20.1 Å². The zero-order chi connectivity index (χ0) is 22.8. The van der Waals surface area contributed by atoms with Gasteiger partial charge in [0.05, 0.1) is 18.3 Å². The first-order valence-corrected chi connectivity index (χ1v) is 12.2. The molecule has 2 aliphatic carbocycles. The molecule has 3 rings (SSSR count). The van der Waals surface area contributed by atoms with Gasteiger partial charge in [0.1, 0.15) is 0 Å². The molecule has 0 spiro atoms. The summed E-state index contributed by atoms with van der Waals surface area (Å²) in [5.74, 6) is 0.629. The molecule has 5 nitrogen and oxygen atoms in total. The van der Waals surface area contributed by atoms with Crippen molar-refractivity contribution in [2.24, 2.45) is 17.8 Å². The first kappa shape index (κ1) is 24.7. The number of hydrogen-bond donors (Lipinski definition) is 4. The number of allylic oxidation sites excluding steroid dienone is 2. The third-order valence-corrected chi connectivity index (χ3v) is 6.68. The Hall–Kier alpha value is -1.95. The molecule has 2 fully saturated rings. The van der Waals surface area contributed by atoms with Crippen molar-refractivity contribution in [3.05, 3.63) is 60.2 Å². The van der Waals surface area contributed by atoms with Gasteiger partial charge >= 0.3 is 0 Å². The average Bonchev–Trinajstić information content (AvgIpc) is 3.58. The number of hydrogen-bond acceptors (Lipinski definition) is 4. The van der Waals surface area contributed by atoms with Crippen LogP contribution in [0.1, 0.15) is 56.9 Å². The van der Waals surface area contributed by atoms with Crippen LogP contribution in [0, 0.1) is 17.8 Å². The lowest BCUT2D eigenvalue weighted by molar-refractivity contribution is -0.121. The number of nitrogens with one attached hydrogen (secondary N) is 1. The number of aliphatic hydroxyl groups excluding tert-OH is 3. The van der Waals surface area contributed by atoms with E-state index in [0.717, 1.165) is 25.8 Å². The van der Waals surface area contributed by atoms with Gasteiger partial charge in [-0.1, -0.05) is 54.6 Å². The molecule has 176 valence electrons. The van der Waals surface area contributed by atoms with Crippen molar-refractivity contribution in [2.45, 2.75) is 76.1 Å². The molecule has 0 saturated heterocycles. The fourth-order valence-electron chi connectivity index (χ4n) is 4.44. The Morgan fingerprint density at radius 1 is 1.12 bits per heavy atom. The summed E-state index contributed by atoms with van der Waals surface area (Å²) in [6.45, 7) is 0.826. The van der Waals surface area contributed by atoms with Gasteiger partial charge in [-0.15, -0.1) is 0 Å². The summed E-state index contributed by atoms with van der Waals surface area (Å²) in [6, 6.07) is 10.1. The quantitative estimate of drug-likeness (QED) is 0.278. The van der Waals surface area contributed by atoms with Gasteiger partial charge in [0.2, 0.25) is 5.91 Å². The summed E-state index contributed by atoms with van der Waals surface area (Å²) in [5, 5.41) is 34.1. The highest BCUT2D eigenvalue weighted by atomic mass is 16.3. The van der Waals surface area contributed by atoms with Crippen LogP contribution in [0.3, 0.4) is 0 Å². The topological polar surface area (TPSA) is 89.8 Å². The minimum atomic E-state index is -0.587. The molecule has 5 heteroatoms. The van der Waals surface area contributed by atoms with Gasteiger partial charge in [-0.3, -0.25) is 4.79 Å². The SMILES string of the molecule is O=C(CCC/C=C\C[C@@H]1[C@@H](/C=C/[C@@H](O)CCc2ccccc2)[C@H](O)C[C@@H]1O)NCC1CC1. The predicted molar refractivity (Wildman–Crippen MR) is 127 cm³/mol. The van der Waals surface area contributed by atoms with Gasteiger partial charge < -0.3 is 20.6 Å². The third kappa shape index (κ3) is 8.53. The first-order chi connectivity index (χ1) is 15.5. The number of rotatable bonds is 13. The van der Waals surface area contributed by atoms with Gasteiger partial charge in [-0.2, -0.15) is 0 Å². The highest BCUT2D eigenvalue weighted by molar-refractivity contribution is 5.75. The van der Waals surface area contributed by atoms with Crippen molar-refractivity contribution in [2.75, 3.05) is 6.54 Å². The molecule has 5 atom stereocenters. The summed E-state index contributed by atoms with van der Waals surface area (Å²) in [4.78, 5) is 11.8. The molecule has 0 bridgehead atoms. The van der Waals surface area contributed by atoms with Gasteiger partial charge in [-0.25, -0.2) is 0 Å². The van der Waals surface area contributed by atoms with Crippen LogP contribution < -0.4 is 5.32 Å². The summed E-state index contributed by atoms with van der Waals surface area (Å²) in [7, 11) is 0. The van der Waals surface area contributed by atoms with Crippen LogP contribution >= 0.6 is 0 Å². The maximum Gasteiger partial charge on any atom is 0.220 e. The van der Waals surface area contributed by atoms with E-state index in [2.05, 4.69) is 29.6 Å². The molecular weight excluding hydrogens is 402 g/mol. The van der Waals surface area contributed by atoms with Crippen LogP contribution in [-0.4, -0.2) is 46.1 Å². The van der Waals surface area contributed by atoms with E-state index < -0.39 is 18.3 Å². The second-order valence-corrected chi connectivity index (χ2v) is 9.43. The summed E-state index contributed by atoms with van der Waals surface area (Å²) >= 11 is 0. The lowest BCUT2D eigenvalue weighted by Gasteiger charge is -2.19. The van der Waals surface area contributed by atoms with Crippen LogP contribution in [0.2, 0.25) is 0 Å². The molecule has 2 saturated carbocycles. The van der Waals surface area contributed by atoms with Gasteiger partial charge in [0.25, 0.3) is 0 Å². The normalized spacial score (nSPS) is 26.7. The largest absolute Gasteiger partial charge is 0.393 e. The number of carbonyl (C=O) groups is 1. The Morgan fingerprint density at radius 2 is 1.91 bits per heavy atom. The molecule has 0 aromatic heterocycles. The molecule has 0 radical (unpaired) electrons. The summed E-state index contributed by atoms with van der Waals surface area (Å²) in [6.07, 6.45) is 13.3. The summed E-state index contributed by atoms with van der Waals surface area (Å²) < 4.78 is 0. The highest BCUT2D eigenvalue weighted by Crippen LogP contribution is 2.36. The van der Waals surface area contributed by atoms with E-state index in [-0.39, 0.29) is 17.7 Å². The van der Waals surface area contributed by atoms with Crippen LogP contribution in [-0.2, 0) is 11.2 Å². The van der Waals surface area contributed by atoms with Crippen LogP contribution in [0.15, 0.2) is 54.6 Å². The Kier molecular flexibility index (Phi) is 9.97. The Bertz CT molecular complexity index is 743. The van der Waals surface area contributed by atoms with Crippen LogP contribution in [0.5, 0.6) is 0 Å². The van der Waals surface area contributed by atoms with Crippen molar-refractivity contribution in [1.29, 1.82) is 0 Å². The number of aryl methyl sites for hydroxylation is 1. The van der Waals surface area contributed by atoms with Crippen LogP contribution in [0.4, 0.5) is 0 Å². The van der Waals surface area contributed by atoms with Crippen molar-refractivity contribution in [3.63, 3.8) is 0 Å². The van der Waals surface area contributed by atoms with Crippen molar-refractivity contribution in [1.82, 2.24) is 5.32 Å². The van der Waals surface area contributed by atoms with Gasteiger partial charge in [0.15, 0.2) is 0 Å². The molecule has 1 amide bonds. The molecule has 0 heterocycles. The highest BCUT2D eigenvalue weighted by Gasteiger charge is 2.39. The van der Waals surface area contributed by atoms with Gasteiger partial charge in [-0.05, 0) is 62.3 Å². The second kappa shape index (κ2) is 12.9. The lowest BCUT2D eigenvalue weighted by Crippen LogP contribution is -2.24. The number of aliphatic hydroxyl groups is 3. The van der Waals surface area contributed by atoms with E-state index in [1.54, 1.807) is 6.08 Å². The van der Waals surface area contributed by atoms with Crippen molar-refractivity contribution < 1.29 is 20.1 Å². The maximum atomic E-state index is 11.8. The molecular formula is C27H39NO4. The fourth-order valence-corrected chi connectivity index (χ4v) is 4.44. The van der Waals surface area contributed by atoms with E-state index in [1.165, 1.54) is 18.4 Å². The van der Waals surface area contributed by atoms with Crippen LogP contribution in [0.25, 0.3) is 0 Å². The molecule has 4 N–H and O–H groups in total. The molecule has 0 aliphatic heterocycles. The summed E-state index contributed by atoms with van der Waals surface area (Å²) in [5.41, 5.74) is 1.19. The smallest absolute Gasteiger partial charge is 0.220 e. The number of unbranched alkanes of at least 4 members (excludes halogenated alkanes) is 1. The minimum absolute atomic E-state index is 0.0549. The first-order valence-electron chi connectivity index (χ1n) is 12.2. The third-order valence-electron chi connectivity index (χ3n) is 6.68. The van der Waals surface area contributed by atoms with E-state index >= 15 is 0 Å². The van der Waals surface area contributed by atoms with E-state index in [4.69, 9.17) is 0 Å². The standard InChI is InChI=1S/C27H39NO4/c29-22(15-14-20-8-4-3-5-9-20)16-17-24-23(25(30)18-26(24)31)10-6-1-2-7-11-27(32)28-19-21-12-13-21/h1,3-6,8-9,16-17,21-26,29-31H,2,7,10-15,18-19H2,(H,28,32)/b6-1-,17-16+/t22-,23+,24+,25-,26+/m0/s1. The predicted octanol–water partition coefficient (Wildman–Crippen LogP) is 3.54. The molecule has 0 unspecified atom stereocenters. The Morgan fingerprint density at radius 3 is 2.66 bits per heavy atom. The number of benzene rings is 1. The molecule has 1 aromatic rings. The molecule has 32 heavy (non-hydrogen) atoms. The average molecular weight is 442 g/mol. The number of carbonyl (C=O) groups excluding carboxylic acids is 1. The Labute approximate surface area is 192 Å². The maximum absolute atomic E-state index is 11.8. The minimum Gasteiger partial charge on any atom is -0.393 e. The zero-order valence-corrected chi connectivity index (χ0v) is 19.0.